The second kappa shape index (κ2) is 6.31. The van der Waals surface area contributed by atoms with Crippen molar-refractivity contribution in [1.29, 1.82) is 0 Å². The number of carbonyl (C=O) groups excluding carboxylic acids is 1. The van der Waals surface area contributed by atoms with E-state index in [1.54, 1.807) is 12.1 Å². The molecule has 0 atom stereocenters. The topological polar surface area (TPSA) is 44.1 Å². The zero-order valence-electron chi connectivity index (χ0n) is 12.7. The van der Waals surface area contributed by atoms with Crippen LogP contribution >= 0.6 is 11.6 Å². The third-order valence-corrected chi connectivity index (χ3v) is 3.86. The average molecular weight is 307 g/mol. The summed E-state index contributed by atoms with van der Waals surface area (Å²) in [6.07, 6.45) is 0.922. The minimum absolute atomic E-state index is 0.287. The first kappa shape index (κ1) is 15.6. The molecule has 0 N–H and O–H groups in total. The molecule has 0 fully saturated rings. The number of esters is 1. The summed E-state index contributed by atoms with van der Waals surface area (Å²) in [4.78, 5) is 12.0. The van der Waals surface area contributed by atoms with Gasteiger partial charge in [0.15, 0.2) is 0 Å². The molecule has 4 nitrogen and oxygen atoms in total. The highest BCUT2D eigenvalue weighted by molar-refractivity contribution is 6.32. The summed E-state index contributed by atoms with van der Waals surface area (Å²) in [5.74, 6) is 0.131. The predicted molar refractivity (Wildman–Crippen MR) is 82.8 cm³/mol. The fraction of sp³-hybridized carbons (Fsp3) is 0.375. The molecule has 0 unspecified atom stereocenters. The highest BCUT2D eigenvalue weighted by atomic mass is 35.5. The van der Waals surface area contributed by atoms with Crippen LogP contribution in [-0.2, 0) is 18.3 Å². The second-order valence-corrected chi connectivity index (χ2v) is 5.59. The van der Waals surface area contributed by atoms with E-state index >= 15 is 0 Å². The van der Waals surface area contributed by atoms with Crippen LogP contribution in [0.5, 0.6) is 5.75 Å². The molecule has 1 heterocycles. The number of aryl methyl sites for hydroxylation is 3. The molecular formula is C16H19ClN2O2. The van der Waals surface area contributed by atoms with Gasteiger partial charge in [-0.3, -0.25) is 9.48 Å². The average Bonchev–Trinajstić information content (AvgIpc) is 2.66. The van der Waals surface area contributed by atoms with Crippen LogP contribution in [0.3, 0.4) is 0 Å². The number of hydrogen-bond acceptors (Lipinski definition) is 3. The molecule has 0 spiro atoms. The fourth-order valence-corrected chi connectivity index (χ4v) is 2.42. The maximum atomic E-state index is 12.0. The van der Waals surface area contributed by atoms with E-state index in [1.807, 2.05) is 38.6 Å². The number of rotatable bonds is 4. The Bertz CT molecular complexity index is 677. The molecule has 1 aromatic carbocycles. The first-order valence-corrected chi connectivity index (χ1v) is 7.22. The normalized spacial score (nSPS) is 10.7. The van der Waals surface area contributed by atoms with Crippen LogP contribution in [0.15, 0.2) is 18.2 Å². The van der Waals surface area contributed by atoms with Gasteiger partial charge >= 0.3 is 5.97 Å². The molecule has 0 aliphatic rings. The predicted octanol–water partition coefficient (Wildman–Crippen LogP) is 3.54. The number of ether oxygens (including phenoxy) is 1. The van der Waals surface area contributed by atoms with Gasteiger partial charge in [0.1, 0.15) is 5.75 Å². The summed E-state index contributed by atoms with van der Waals surface area (Å²) >= 11 is 6.02. The molecule has 1 aromatic heterocycles. The molecule has 5 heteroatoms. The van der Waals surface area contributed by atoms with Crippen molar-refractivity contribution < 1.29 is 9.53 Å². The van der Waals surface area contributed by atoms with Crippen molar-refractivity contribution >= 4 is 17.6 Å². The Morgan fingerprint density at radius 2 is 2.05 bits per heavy atom. The minimum Gasteiger partial charge on any atom is -0.425 e. The summed E-state index contributed by atoms with van der Waals surface area (Å²) in [7, 11) is 1.90. The lowest BCUT2D eigenvalue weighted by atomic mass is 10.1. The van der Waals surface area contributed by atoms with E-state index in [-0.39, 0.29) is 5.97 Å². The highest BCUT2D eigenvalue weighted by Crippen LogP contribution is 2.26. The Morgan fingerprint density at radius 3 is 2.67 bits per heavy atom. The van der Waals surface area contributed by atoms with E-state index < -0.39 is 0 Å². The smallest absolute Gasteiger partial charge is 0.311 e. The van der Waals surface area contributed by atoms with Crippen molar-refractivity contribution in [1.82, 2.24) is 9.78 Å². The minimum atomic E-state index is -0.287. The van der Waals surface area contributed by atoms with Gasteiger partial charge in [-0.25, -0.2) is 0 Å². The summed E-state index contributed by atoms with van der Waals surface area (Å²) in [6, 6.07) is 5.37. The van der Waals surface area contributed by atoms with E-state index in [4.69, 9.17) is 16.3 Å². The largest absolute Gasteiger partial charge is 0.425 e. The number of benzene rings is 1. The van der Waals surface area contributed by atoms with Gasteiger partial charge in [-0.05, 0) is 50.5 Å². The Hall–Kier alpha value is -1.81. The van der Waals surface area contributed by atoms with Crippen LogP contribution < -0.4 is 4.74 Å². The molecule has 2 aromatic rings. The Balaban J connectivity index is 2.01. The Kier molecular flexibility index (Phi) is 4.68. The summed E-state index contributed by atoms with van der Waals surface area (Å²) in [6.45, 7) is 5.87. The van der Waals surface area contributed by atoms with E-state index in [2.05, 4.69) is 5.10 Å². The van der Waals surface area contributed by atoms with Crippen molar-refractivity contribution in [2.24, 2.45) is 7.05 Å². The van der Waals surface area contributed by atoms with Gasteiger partial charge in [0.25, 0.3) is 0 Å². The van der Waals surface area contributed by atoms with Crippen LogP contribution in [0.2, 0.25) is 5.02 Å². The first-order valence-electron chi connectivity index (χ1n) is 6.84. The monoisotopic (exact) mass is 306 g/mol. The van der Waals surface area contributed by atoms with Crippen molar-refractivity contribution in [3.05, 3.63) is 45.7 Å². The number of halogens is 1. The number of carbonyl (C=O) groups is 1. The van der Waals surface area contributed by atoms with Crippen LogP contribution in [-0.4, -0.2) is 15.7 Å². The quantitative estimate of drug-likeness (QED) is 0.641. The molecule has 0 radical (unpaired) electrons. The highest BCUT2D eigenvalue weighted by Gasteiger charge is 2.13. The SMILES string of the molecule is Cc1ccc(Cl)c(OC(=O)CCc2c(C)nn(C)c2C)c1. The third kappa shape index (κ3) is 3.64. The Labute approximate surface area is 129 Å². The molecular weight excluding hydrogens is 288 g/mol. The van der Waals surface area contributed by atoms with Gasteiger partial charge in [0.05, 0.1) is 17.1 Å². The van der Waals surface area contributed by atoms with Crippen molar-refractivity contribution in [2.75, 3.05) is 0 Å². The van der Waals surface area contributed by atoms with Crippen molar-refractivity contribution in [2.45, 2.75) is 33.6 Å². The number of hydrogen-bond donors (Lipinski definition) is 0. The van der Waals surface area contributed by atoms with Gasteiger partial charge in [0.2, 0.25) is 0 Å². The first-order chi connectivity index (χ1) is 9.88. The molecule has 0 aliphatic carbocycles. The standard InChI is InChI=1S/C16H19ClN2O2/c1-10-5-7-14(17)15(9-10)21-16(20)8-6-13-11(2)18-19(4)12(13)3/h5,7,9H,6,8H2,1-4H3. The van der Waals surface area contributed by atoms with Gasteiger partial charge in [0, 0.05) is 12.7 Å². The summed E-state index contributed by atoms with van der Waals surface area (Å²) < 4.78 is 7.16. The van der Waals surface area contributed by atoms with E-state index in [1.165, 1.54) is 0 Å². The number of nitrogens with zero attached hydrogens (tertiary/aromatic N) is 2. The molecule has 2 rings (SSSR count). The maximum Gasteiger partial charge on any atom is 0.311 e. The van der Waals surface area contributed by atoms with Crippen molar-refractivity contribution in [3.8, 4) is 5.75 Å². The zero-order chi connectivity index (χ0) is 15.6. The van der Waals surface area contributed by atoms with Crippen molar-refractivity contribution in [3.63, 3.8) is 0 Å². The molecule has 21 heavy (non-hydrogen) atoms. The molecule has 0 amide bonds. The number of aromatic nitrogens is 2. The van der Waals surface area contributed by atoms with Gasteiger partial charge in [-0.1, -0.05) is 17.7 Å². The summed E-state index contributed by atoms with van der Waals surface area (Å²) in [5.41, 5.74) is 4.14. The Morgan fingerprint density at radius 1 is 1.33 bits per heavy atom. The fourth-order valence-electron chi connectivity index (χ4n) is 2.27. The molecule has 0 saturated carbocycles. The second-order valence-electron chi connectivity index (χ2n) is 5.18. The lowest BCUT2D eigenvalue weighted by molar-refractivity contribution is -0.134. The molecule has 112 valence electrons. The van der Waals surface area contributed by atoms with Gasteiger partial charge in [-0.15, -0.1) is 0 Å². The van der Waals surface area contributed by atoms with E-state index in [0.717, 1.165) is 22.5 Å². The van der Waals surface area contributed by atoms with Gasteiger partial charge in [-0.2, -0.15) is 5.10 Å². The summed E-state index contributed by atoms with van der Waals surface area (Å²) in [5, 5.41) is 4.79. The van der Waals surface area contributed by atoms with Crippen LogP contribution in [0.4, 0.5) is 0 Å². The van der Waals surface area contributed by atoms with E-state index in [9.17, 15) is 4.79 Å². The van der Waals surface area contributed by atoms with Crippen LogP contribution in [0, 0.1) is 20.8 Å². The zero-order valence-corrected chi connectivity index (χ0v) is 13.5. The van der Waals surface area contributed by atoms with Crippen LogP contribution in [0.25, 0.3) is 0 Å². The third-order valence-electron chi connectivity index (χ3n) is 3.55. The van der Waals surface area contributed by atoms with Crippen LogP contribution in [0.1, 0.15) is 28.9 Å². The van der Waals surface area contributed by atoms with E-state index in [0.29, 0.717) is 23.6 Å². The molecule has 0 aliphatic heterocycles. The lowest BCUT2D eigenvalue weighted by Gasteiger charge is -2.07. The lowest BCUT2D eigenvalue weighted by Crippen LogP contribution is -2.10. The van der Waals surface area contributed by atoms with Gasteiger partial charge < -0.3 is 4.74 Å². The maximum absolute atomic E-state index is 12.0. The molecule has 0 saturated heterocycles. The molecule has 0 bridgehead atoms.